The maximum atomic E-state index is 13.5. The van der Waals surface area contributed by atoms with E-state index in [2.05, 4.69) is 48.3 Å². The monoisotopic (exact) mass is 419 g/mol. The van der Waals surface area contributed by atoms with Crippen LogP contribution in [0.1, 0.15) is 56.6 Å². The number of hydrogen-bond donors (Lipinski definition) is 1. The molecule has 164 valence electrons. The van der Waals surface area contributed by atoms with Gasteiger partial charge < -0.3 is 15.1 Å². The number of anilines is 1. The van der Waals surface area contributed by atoms with E-state index in [0.717, 1.165) is 31.4 Å². The van der Waals surface area contributed by atoms with Crippen molar-refractivity contribution in [2.45, 2.75) is 58.0 Å². The summed E-state index contributed by atoms with van der Waals surface area (Å²) in [5.41, 5.74) is 3.28. The number of para-hydroxylation sites is 1. The van der Waals surface area contributed by atoms with Gasteiger partial charge in [-0.2, -0.15) is 0 Å². The quantitative estimate of drug-likeness (QED) is 0.696. The van der Waals surface area contributed by atoms with Crippen molar-refractivity contribution >= 4 is 17.6 Å². The van der Waals surface area contributed by atoms with Crippen molar-refractivity contribution in [3.05, 3.63) is 65.7 Å². The lowest BCUT2D eigenvalue weighted by Crippen LogP contribution is -2.48. The summed E-state index contributed by atoms with van der Waals surface area (Å²) >= 11 is 0. The van der Waals surface area contributed by atoms with Crippen LogP contribution in [-0.4, -0.2) is 40.9 Å². The predicted molar refractivity (Wildman–Crippen MR) is 124 cm³/mol. The summed E-state index contributed by atoms with van der Waals surface area (Å²) in [5.74, 6) is 0.587. The zero-order valence-corrected chi connectivity index (χ0v) is 18.6. The van der Waals surface area contributed by atoms with Crippen LogP contribution in [0.15, 0.2) is 54.6 Å². The molecular formula is C26H33N3O2. The van der Waals surface area contributed by atoms with Crippen LogP contribution in [0.4, 0.5) is 10.5 Å². The fourth-order valence-corrected chi connectivity index (χ4v) is 4.30. The number of carbonyl (C=O) groups is 2. The van der Waals surface area contributed by atoms with Crippen LogP contribution in [0.2, 0.25) is 0 Å². The van der Waals surface area contributed by atoms with Gasteiger partial charge in [0.2, 0.25) is 5.91 Å². The lowest BCUT2D eigenvalue weighted by Gasteiger charge is -2.35. The molecule has 2 aliphatic rings. The Balaban J connectivity index is 1.39. The van der Waals surface area contributed by atoms with Gasteiger partial charge in [-0.1, -0.05) is 56.3 Å². The minimum absolute atomic E-state index is 0.119. The van der Waals surface area contributed by atoms with Gasteiger partial charge in [0.1, 0.15) is 0 Å². The van der Waals surface area contributed by atoms with Gasteiger partial charge in [0, 0.05) is 31.4 Å². The zero-order chi connectivity index (χ0) is 21.8. The van der Waals surface area contributed by atoms with Crippen LogP contribution in [-0.2, 0) is 11.3 Å². The molecule has 0 unspecified atom stereocenters. The fraction of sp³-hybridized carbons (Fsp3) is 0.462. The lowest BCUT2D eigenvalue weighted by atomic mass is 9.96. The molecule has 5 nitrogen and oxygen atoms in total. The summed E-state index contributed by atoms with van der Waals surface area (Å²) in [6, 6.07) is 18.4. The van der Waals surface area contributed by atoms with Gasteiger partial charge in [0.25, 0.3) is 0 Å². The van der Waals surface area contributed by atoms with E-state index in [-0.39, 0.29) is 17.9 Å². The summed E-state index contributed by atoms with van der Waals surface area (Å²) in [6.45, 7) is 6.24. The molecule has 1 heterocycles. The first kappa shape index (κ1) is 21.4. The van der Waals surface area contributed by atoms with E-state index in [0.29, 0.717) is 31.6 Å². The summed E-state index contributed by atoms with van der Waals surface area (Å²) in [7, 11) is 0. The predicted octanol–water partition coefficient (Wildman–Crippen LogP) is 5.25. The molecule has 0 spiro atoms. The molecule has 31 heavy (non-hydrogen) atoms. The molecule has 0 radical (unpaired) electrons. The molecule has 1 aliphatic heterocycles. The van der Waals surface area contributed by atoms with E-state index < -0.39 is 0 Å². The van der Waals surface area contributed by atoms with Gasteiger partial charge in [-0.05, 0) is 54.9 Å². The molecule has 1 saturated heterocycles. The highest BCUT2D eigenvalue weighted by atomic mass is 16.2. The molecule has 3 amide bonds. The molecular weight excluding hydrogens is 386 g/mol. The maximum absolute atomic E-state index is 13.5. The van der Waals surface area contributed by atoms with E-state index in [1.807, 2.05) is 30.3 Å². The summed E-state index contributed by atoms with van der Waals surface area (Å²) in [5, 5.41) is 2.95. The number of carbonyl (C=O) groups excluding carboxylic acids is 2. The number of benzene rings is 2. The molecule has 4 rings (SSSR count). The summed E-state index contributed by atoms with van der Waals surface area (Å²) in [6.07, 6.45) is 3.88. The molecule has 1 atom stereocenters. The number of nitrogens with zero attached hydrogens (tertiary/aromatic N) is 2. The Kier molecular flexibility index (Phi) is 6.59. The normalized spacial score (nSPS) is 18.7. The number of rotatable bonds is 6. The standard InChI is InChI=1S/C26H33N3O2/c1-19(2)21-12-10-20(11-13-21)17-29(24-14-15-24)25(30)22-7-6-16-28(18-22)26(31)27-23-8-4-3-5-9-23/h3-5,8-13,19,22,24H,6-7,14-18H2,1-2H3,(H,27,31)/t22-/m0/s1. The molecule has 1 N–H and O–H groups in total. The van der Waals surface area contributed by atoms with Crippen molar-refractivity contribution in [3.8, 4) is 0 Å². The van der Waals surface area contributed by atoms with Crippen molar-refractivity contribution in [3.63, 3.8) is 0 Å². The Morgan fingerprint density at radius 1 is 1.03 bits per heavy atom. The number of piperidine rings is 1. The Labute approximate surface area is 185 Å². The van der Waals surface area contributed by atoms with Gasteiger partial charge >= 0.3 is 6.03 Å². The Morgan fingerprint density at radius 3 is 2.39 bits per heavy atom. The van der Waals surface area contributed by atoms with Crippen molar-refractivity contribution in [2.24, 2.45) is 5.92 Å². The smallest absolute Gasteiger partial charge is 0.321 e. The summed E-state index contributed by atoms with van der Waals surface area (Å²) < 4.78 is 0. The Bertz CT molecular complexity index is 891. The average molecular weight is 420 g/mol. The minimum Gasteiger partial charge on any atom is -0.335 e. The first-order valence-electron chi connectivity index (χ1n) is 11.5. The van der Waals surface area contributed by atoms with Gasteiger partial charge in [-0.15, -0.1) is 0 Å². The van der Waals surface area contributed by atoms with E-state index in [4.69, 9.17) is 0 Å². The minimum atomic E-state index is -0.120. The van der Waals surface area contributed by atoms with Gasteiger partial charge in [0.15, 0.2) is 0 Å². The second-order valence-corrected chi connectivity index (χ2v) is 9.17. The van der Waals surface area contributed by atoms with Gasteiger partial charge in [-0.3, -0.25) is 4.79 Å². The number of amides is 3. The molecule has 1 saturated carbocycles. The van der Waals surface area contributed by atoms with Gasteiger partial charge in [-0.25, -0.2) is 4.79 Å². The SMILES string of the molecule is CC(C)c1ccc(CN(C(=O)[C@H]2CCCN(C(=O)Nc3ccccc3)C2)C2CC2)cc1. The van der Waals surface area contributed by atoms with Crippen molar-refractivity contribution in [2.75, 3.05) is 18.4 Å². The third kappa shape index (κ3) is 5.46. The topological polar surface area (TPSA) is 52.7 Å². The van der Waals surface area contributed by atoms with Crippen LogP contribution in [0.5, 0.6) is 0 Å². The largest absolute Gasteiger partial charge is 0.335 e. The average Bonchev–Trinajstić information content (AvgIpc) is 3.63. The zero-order valence-electron chi connectivity index (χ0n) is 18.6. The highest BCUT2D eigenvalue weighted by Crippen LogP contribution is 2.32. The number of urea groups is 1. The number of likely N-dealkylation sites (tertiary alicyclic amines) is 1. The Hall–Kier alpha value is -2.82. The van der Waals surface area contributed by atoms with Gasteiger partial charge in [0.05, 0.1) is 5.92 Å². The van der Waals surface area contributed by atoms with Crippen LogP contribution in [0, 0.1) is 5.92 Å². The highest BCUT2D eigenvalue weighted by molar-refractivity contribution is 5.90. The molecule has 2 aromatic rings. The number of nitrogens with one attached hydrogen (secondary N) is 1. The van der Waals surface area contributed by atoms with Crippen molar-refractivity contribution < 1.29 is 9.59 Å². The summed E-state index contributed by atoms with van der Waals surface area (Å²) in [4.78, 5) is 30.0. The third-order valence-corrected chi connectivity index (χ3v) is 6.35. The maximum Gasteiger partial charge on any atom is 0.321 e. The second kappa shape index (κ2) is 9.54. The molecule has 0 aromatic heterocycles. The molecule has 5 heteroatoms. The fourth-order valence-electron chi connectivity index (χ4n) is 4.30. The van der Waals surface area contributed by atoms with Crippen LogP contribution in [0.3, 0.4) is 0 Å². The van der Waals surface area contributed by atoms with E-state index >= 15 is 0 Å². The lowest BCUT2D eigenvalue weighted by molar-refractivity contribution is -0.138. The van der Waals surface area contributed by atoms with E-state index in [9.17, 15) is 9.59 Å². The number of hydrogen-bond acceptors (Lipinski definition) is 2. The molecule has 2 fully saturated rings. The molecule has 0 bridgehead atoms. The highest BCUT2D eigenvalue weighted by Gasteiger charge is 2.38. The van der Waals surface area contributed by atoms with Crippen molar-refractivity contribution in [1.29, 1.82) is 0 Å². The van der Waals surface area contributed by atoms with Crippen LogP contribution < -0.4 is 5.32 Å². The second-order valence-electron chi connectivity index (χ2n) is 9.17. The van der Waals surface area contributed by atoms with E-state index in [1.54, 1.807) is 4.90 Å². The Morgan fingerprint density at radius 2 is 1.74 bits per heavy atom. The first-order chi connectivity index (χ1) is 15.0. The molecule has 1 aliphatic carbocycles. The van der Waals surface area contributed by atoms with Crippen molar-refractivity contribution in [1.82, 2.24) is 9.80 Å². The first-order valence-corrected chi connectivity index (χ1v) is 11.5. The van der Waals surface area contributed by atoms with E-state index in [1.165, 1.54) is 11.1 Å². The van der Waals surface area contributed by atoms with Crippen LogP contribution in [0.25, 0.3) is 0 Å². The third-order valence-electron chi connectivity index (χ3n) is 6.35. The van der Waals surface area contributed by atoms with Crippen LogP contribution >= 0.6 is 0 Å². The molecule has 2 aromatic carbocycles.